The number of nitrogens with zero attached hydrogens (tertiary/aromatic N) is 2. The SMILES string of the molecule is CCC(C)c1cc(C(=O)N2CCCC2C2CCCC2)on1. The maximum Gasteiger partial charge on any atom is 0.292 e. The van der Waals surface area contributed by atoms with Crippen molar-refractivity contribution in [3.05, 3.63) is 17.5 Å². The molecule has 21 heavy (non-hydrogen) atoms. The predicted octanol–water partition coefficient (Wildman–Crippen LogP) is 3.98. The molecule has 0 N–H and O–H groups in total. The van der Waals surface area contributed by atoms with Crippen LogP contribution in [0.2, 0.25) is 0 Å². The largest absolute Gasteiger partial charge is 0.351 e. The van der Waals surface area contributed by atoms with Gasteiger partial charge < -0.3 is 9.42 Å². The van der Waals surface area contributed by atoms with E-state index >= 15 is 0 Å². The van der Waals surface area contributed by atoms with Crippen molar-refractivity contribution < 1.29 is 9.32 Å². The summed E-state index contributed by atoms with van der Waals surface area (Å²) >= 11 is 0. The third-order valence-corrected chi connectivity index (χ3v) is 5.36. The number of carbonyl (C=O) groups is 1. The molecule has 116 valence electrons. The molecule has 2 unspecified atom stereocenters. The van der Waals surface area contributed by atoms with E-state index in [0.29, 0.717) is 23.6 Å². The zero-order valence-corrected chi connectivity index (χ0v) is 13.2. The van der Waals surface area contributed by atoms with E-state index in [2.05, 4.69) is 23.9 Å². The normalized spacial score (nSPS) is 24.7. The monoisotopic (exact) mass is 290 g/mol. The van der Waals surface area contributed by atoms with Gasteiger partial charge in [-0.2, -0.15) is 0 Å². The van der Waals surface area contributed by atoms with Crippen LogP contribution in [0.3, 0.4) is 0 Å². The molecule has 4 heteroatoms. The van der Waals surface area contributed by atoms with Gasteiger partial charge in [0.15, 0.2) is 0 Å². The summed E-state index contributed by atoms with van der Waals surface area (Å²) in [6.45, 7) is 5.11. The number of rotatable bonds is 4. The van der Waals surface area contributed by atoms with E-state index in [1.54, 1.807) is 0 Å². The summed E-state index contributed by atoms with van der Waals surface area (Å²) in [5.74, 6) is 1.52. The van der Waals surface area contributed by atoms with E-state index in [9.17, 15) is 4.79 Å². The number of hydrogen-bond donors (Lipinski definition) is 0. The predicted molar refractivity (Wildman–Crippen MR) is 81.2 cm³/mol. The minimum Gasteiger partial charge on any atom is -0.351 e. The minimum absolute atomic E-state index is 0.0476. The summed E-state index contributed by atoms with van der Waals surface area (Å²) in [5.41, 5.74) is 0.900. The lowest BCUT2D eigenvalue weighted by atomic mass is 9.96. The molecular formula is C17H26N2O2. The van der Waals surface area contributed by atoms with Crippen molar-refractivity contribution in [1.29, 1.82) is 0 Å². The summed E-state index contributed by atoms with van der Waals surface area (Å²) in [6, 6.07) is 2.28. The van der Waals surface area contributed by atoms with Gasteiger partial charge >= 0.3 is 0 Å². The first kappa shape index (κ1) is 14.6. The van der Waals surface area contributed by atoms with Crippen molar-refractivity contribution in [2.45, 2.75) is 70.8 Å². The van der Waals surface area contributed by atoms with E-state index < -0.39 is 0 Å². The first-order chi connectivity index (χ1) is 10.2. The van der Waals surface area contributed by atoms with E-state index in [1.807, 2.05) is 6.07 Å². The van der Waals surface area contributed by atoms with Gasteiger partial charge in [-0.15, -0.1) is 0 Å². The van der Waals surface area contributed by atoms with E-state index in [1.165, 1.54) is 25.7 Å². The highest BCUT2D eigenvalue weighted by Gasteiger charge is 2.37. The number of hydrogen-bond acceptors (Lipinski definition) is 3. The molecule has 0 aromatic carbocycles. The third kappa shape index (κ3) is 2.85. The summed E-state index contributed by atoms with van der Waals surface area (Å²) in [4.78, 5) is 14.8. The van der Waals surface area contributed by atoms with Gasteiger partial charge in [-0.1, -0.05) is 31.8 Å². The Hall–Kier alpha value is -1.32. The number of amides is 1. The summed E-state index contributed by atoms with van der Waals surface area (Å²) in [7, 11) is 0. The van der Waals surface area contributed by atoms with Gasteiger partial charge in [-0.3, -0.25) is 4.79 Å². The van der Waals surface area contributed by atoms with Crippen molar-refractivity contribution in [3.8, 4) is 0 Å². The zero-order valence-electron chi connectivity index (χ0n) is 13.2. The van der Waals surface area contributed by atoms with Crippen LogP contribution in [0.25, 0.3) is 0 Å². The van der Waals surface area contributed by atoms with Crippen LogP contribution in [0.1, 0.15) is 81.0 Å². The second-order valence-corrected chi connectivity index (χ2v) is 6.68. The molecule has 2 atom stereocenters. The molecule has 1 aliphatic heterocycles. The average Bonchev–Trinajstić information content (AvgIpc) is 3.25. The molecule has 1 amide bonds. The summed E-state index contributed by atoms with van der Waals surface area (Å²) in [5, 5.41) is 4.08. The lowest BCUT2D eigenvalue weighted by molar-refractivity contribution is 0.0647. The molecule has 2 aliphatic rings. The Labute approximate surface area is 126 Å². The standard InChI is InChI=1S/C17H26N2O2/c1-3-12(2)14-11-16(21-18-14)17(20)19-10-6-9-15(19)13-7-4-5-8-13/h11-13,15H,3-10H2,1-2H3. The average molecular weight is 290 g/mol. The van der Waals surface area contributed by atoms with Crippen LogP contribution < -0.4 is 0 Å². The quantitative estimate of drug-likeness (QED) is 0.842. The highest BCUT2D eigenvalue weighted by Crippen LogP contribution is 2.36. The lowest BCUT2D eigenvalue weighted by Crippen LogP contribution is -2.39. The number of carbonyl (C=O) groups excluding carboxylic acids is 1. The number of aromatic nitrogens is 1. The Balaban J connectivity index is 1.72. The summed E-state index contributed by atoms with van der Waals surface area (Å²) in [6.07, 6.45) is 8.50. The lowest BCUT2D eigenvalue weighted by Gasteiger charge is -2.28. The van der Waals surface area contributed by atoms with Crippen LogP contribution in [0.15, 0.2) is 10.6 Å². The minimum atomic E-state index is 0.0476. The molecule has 2 fully saturated rings. The van der Waals surface area contributed by atoms with Crippen LogP contribution in [-0.2, 0) is 0 Å². The van der Waals surface area contributed by atoms with Crippen molar-refractivity contribution in [2.24, 2.45) is 5.92 Å². The van der Waals surface area contributed by atoms with Gasteiger partial charge in [0.2, 0.25) is 5.76 Å². The molecule has 1 saturated heterocycles. The van der Waals surface area contributed by atoms with Crippen molar-refractivity contribution in [2.75, 3.05) is 6.54 Å². The van der Waals surface area contributed by atoms with E-state index in [4.69, 9.17) is 4.52 Å². The van der Waals surface area contributed by atoms with Crippen LogP contribution in [0, 0.1) is 5.92 Å². The van der Waals surface area contributed by atoms with Gasteiger partial charge in [0.1, 0.15) is 0 Å². The molecule has 0 bridgehead atoms. The molecule has 2 heterocycles. The topological polar surface area (TPSA) is 46.3 Å². The van der Waals surface area contributed by atoms with E-state index in [-0.39, 0.29) is 5.91 Å². The second-order valence-electron chi connectivity index (χ2n) is 6.68. The molecule has 0 radical (unpaired) electrons. The molecule has 3 rings (SSSR count). The van der Waals surface area contributed by atoms with Crippen LogP contribution in [0.5, 0.6) is 0 Å². The third-order valence-electron chi connectivity index (χ3n) is 5.36. The van der Waals surface area contributed by atoms with Crippen LogP contribution in [0.4, 0.5) is 0 Å². The maximum atomic E-state index is 12.7. The molecule has 1 aliphatic carbocycles. The molecule has 1 saturated carbocycles. The van der Waals surface area contributed by atoms with Gasteiger partial charge in [-0.25, -0.2) is 0 Å². The Bertz CT molecular complexity index is 491. The van der Waals surface area contributed by atoms with Crippen molar-refractivity contribution in [1.82, 2.24) is 10.1 Å². The van der Waals surface area contributed by atoms with Gasteiger partial charge in [0.05, 0.1) is 5.69 Å². The molecule has 0 spiro atoms. The smallest absolute Gasteiger partial charge is 0.292 e. The number of likely N-dealkylation sites (tertiary alicyclic amines) is 1. The molecule has 1 aromatic rings. The highest BCUT2D eigenvalue weighted by atomic mass is 16.5. The van der Waals surface area contributed by atoms with Gasteiger partial charge in [0.25, 0.3) is 5.91 Å². The van der Waals surface area contributed by atoms with Crippen molar-refractivity contribution >= 4 is 5.91 Å². The van der Waals surface area contributed by atoms with E-state index in [0.717, 1.165) is 31.5 Å². The Morgan fingerprint density at radius 3 is 2.86 bits per heavy atom. The Morgan fingerprint density at radius 2 is 2.14 bits per heavy atom. The van der Waals surface area contributed by atoms with Crippen LogP contribution >= 0.6 is 0 Å². The first-order valence-electron chi connectivity index (χ1n) is 8.48. The summed E-state index contributed by atoms with van der Waals surface area (Å²) < 4.78 is 5.33. The molecule has 4 nitrogen and oxygen atoms in total. The Morgan fingerprint density at radius 1 is 1.38 bits per heavy atom. The zero-order chi connectivity index (χ0) is 14.8. The maximum absolute atomic E-state index is 12.7. The first-order valence-corrected chi connectivity index (χ1v) is 8.48. The Kier molecular flexibility index (Phi) is 4.32. The fourth-order valence-electron chi connectivity index (χ4n) is 3.85. The fourth-order valence-corrected chi connectivity index (χ4v) is 3.85. The van der Waals surface area contributed by atoms with Crippen LogP contribution in [-0.4, -0.2) is 28.6 Å². The fraction of sp³-hybridized carbons (Fsp3) is 0.765. The highest BCUT2D eigenvalue weighted by molar-refractivity contribution is 5.92. The molecule has 1 aromatic heterocycles. The second kappa shape index (κ2) is 6.20. The molecular weight excluding hydrogens is 264 g/mol. The van der Waals surface area contributed by atoms with Crippen molar-refractivity contribution in [3.63, 3.8) is 0 Å². The van der Waals surface area contributed by atoms with Gasteiger partial charge in [0, 0.05) is 24.6 Å². The van der Waals surface area contributed by atoms with Gasteiger partial charge in [-0.05, 0) is 38.0 Å².